The lowest BCUT2D eigenvalue weighted by molar-refractivity contribution is 0.0159. The van der Waals surface area contributed by atoms with Gasteiger partial charge >= 0.3 is 0 Å². The number of benzene rings is 1. The zero-order valence-corrected chi connectivity index (χ0v) is 13.1. The predicted octanol–water partition coefficient (Wildman–Crippen LogP) is 1.28. The van der Waals surface area contributed by atoms with Crippen molar-refractivity contribution in [3.63, 3.8) is 0 Å². The second-order valence-electron chi connectivity index (χ2n) is 6.34. The van der Waals surface area contributed by atoms with E-state index in [2.05, 4.69) is 10.2 Å². The zero-order valence-electron chi connectivity index (χ0n) is 13.1. The van der Waals surface area contributed by atoms with E-state index in [1.807, 2.05) is 0 Å². The SMILES string of the molecule is Fc1ccc(F)cc1.NC1COCC(N2CC3=C(CNC3)C2)C1. The summed E-state index contributed by atoms with van der Waals surface area (Å²) in [5.74, 6) is -0.821. The van der Waals surface area contributed by atoms with Gasteiger partial charge in [0.25, 0.3) is 0 Å². The van der Waals surface area contributed by atoms with Crippen LogP contribution in [0.5, 0.6) is 0 Å². The van der Waals surface area contributed by atoms with E-state index in [0.29, 0.717) is 6.04 Å². The number of nitrogens with two attached hydrogens (primary N) is 1. The van der Waals surface area contributed by atoms with Crippen molar-refractivity contribution in [2.75, 3.05) is 39.4 Å². The zero-order chi connectivity index (χ0) is 16.2. The van der Waals surface area contributed by atoms with Gasteiger partial charge in [-0.15, -0.1) is 0 Å². The molecule has 0 aromatic heterocycles. The minimum Gasteiger partial charge on any atom is -0.378 e. The standard InChI is InChI=1S/C11H19N3O.C6H4F2/c12-10-1-11(7-15-6-10)14-4-8-2-13-3-9(8)5-14;7-5-1-2-6(8)4-3-5/h10-11,13H,1-7,12H2;1-4H. The third-order valence-corrected chi connectivity index (χ3v) is 4.50. The third kappa shape index (κ3) is 4.35. The van der Waals surface area contributed by atoms with Crippen LogP contribution in [0.25, 0.3) is 0 Å². The first kappa shape index (κ1) is 16.5. The summed E-state index contributed by atoms with van der Waals surface area (Å²) in [5.41, 5.74) is 9.14. The molecule has 0 radical (unpaired) electrons. The van der Waals surface area contributed by atoms with Crippen LogP contribution in [0.15, 0.2) is 35.4 Å². The molecule has 1 aromatic carbocycles. The lowest BCUT2D eigenvalue weighted by Crippen LogP contribution is -2.48. The topological polar surface area (TPSA) is 50.5 Å². The van der Waals surface area contributed by atoms with Crippen LogP contribution in [-0.4, -0.2) is 56.4 Å². The smallest absolute Gasteiger partial charge is 0.123 e. The molecule has 1 saturated heterocycles. The normalized spacial score (nSPS) is 27.6. The fourth-order valence-electron chi connectivity index (χ4n) is 3.28. The highest BCUT2D eigenvalue weighted by atomic mass is 19.1. The number of ether oxygens (including phenoxy) is 1. The Kier molecular flexibility index (Phi) is 5.38. The quantitative estimate of drug-likeness (QED) is 0.765. The molecule has 1 fully saturated rings. The first-order valence-electron chi connectivity index (χ1n) is 8.00. The van der Waals surface area contributed by atoms with Crippen molar-refractivity contribution in [1.29, 1.82) is 0 Å². The Morgan fingerprint density at radius 2 is 1.57 bits per heavy atom. The van der Waals surface area contributed by atoms with E-state index < -0.39 is 11.6 Å². The first-order valence-corrected chi connectivity index (χ1v) is 8.00. The van der Waals surface area contributed by atoms with Crippen LogP contribution in [0, 0.1) is 11.6 Å². The molecule has 0 amide bonds. The molecule has 3 aliphatic heterocycles. The van der Waals surface area contributed by atoms with Crippen molar-refractivity contribution < 1.29 is 13.5 Å². The second kappa shape index (κ2) is 7.49. The summed E-state index contributed by atoms with van der Waals surface area (Å²) in [7, 11) is 0. The van der Waals surface area contributed by atoms with Gasteiger partial charge in [-0.25, -0.2) is 8.78 Å². The number of nitrogens with zero attached hydrogens (tertiary/aromatic N) is 1. The summed E-state index contributed by atoms with van der Waals surface area (Å²) in [5, 5.41) is 3.40. The first-order chi connectivity index (χ1) is 11.1. The van der Waals surface area contributed by atoms with Crippen LogP contribution in [-0.2, 0) is 4.74 Å². The second-order valence-corrected chi connectivity index (χ2v) is 6.34. The number of rotatable bonds is 1. The minimum absolute atomic E-state index is 0.234. The van der Waals surface area contributed by atoms with Crippen LogP contribution < -0.4 is 11.1 Å². The van der Waals surface area contributed by atoms with Gasteiger partial charge in [0.05, 0.1) is 13.2 Å². The Balaban J connectivity index is 0.000000166. The van der Waals surface area contributed by atoms with E-state index in [0.717, 1.165) is 70.1 Å². The van der Waals surface area contributed by atoms with Gasteiger partial charge in [0.15, 0.2) is 0 Å². The molecule has 4 rings (SSSR count). The Bertz CT molecular complexity index is 524. The molecular formula is C17H23F2N3O. The maximum atomic E-state index is 11.9. The highest BCUT2D eigenvalue weighted by Crippen LogP contribution is 2.25. The van der Waals surface area contributed by atoms with Crippen LogP contribution >= 0.6 is 0 Å². The molecule has 3 heterocycles. The molecule has 3 N–H and O–H groups in total. The van der Waals surface area contributed by atoms with E-state index in [9.17, 15) is 8.78 Å². The summed E-state index contributed by atoms with van der Waals surface area (Å²) in [6.45, 7) is 6.03. The van der Waals surface area contributed by atoms with Crippen LogP contribution in [0.4, 0.5) is 8.78 Å². The van der Waals surface area contributed by atoms with Crippen molar-refractivity contribution in [2.45, 2.75) is 18.5 Å². The molecule has 0 spiro atoms. The molecular weight excluding hydrogens is 300 g/mol. The molecule has 2 unspecified atom stereocenters. The van der Waals surface area contributed by atoms with Crippen molar-refractivity contribution >= 4 is 0 Å². The highest BCUT2D eigenvalue weighted by molar-refractivity contribution is 5.30. The number of halogens is 2. The number of hydrogen-bond acceptors (Lipinski definition) is 4. The van der Waals surface area contributed by atoms with Gasteiger partial charge < -0.3 is 15.8 Å². The van der Waals surface area contributed by atoms with Crippen molar-refractivity contribution in [1.82, 2.24) is 10.2 Å². The van der Waals surface area contributed by atoms with Crippen LogP contribution in [0.1, 0.15) is 6.42 Å². The molecule has 126 valence electrons. The molecule has 2 atom stereocenters. The van der Waals surface area contributed by atoms with Gasteiger partial charge in [-0.2, -0.15) is 0 Å². The van der Waals surface area contributed by atoms with Crippen molar-refractivity contribution in [3.8, 4) is 0 Å². The third-order valence-electron chi connectivity index (χ3n) is 4.50. The van der Waals surface area contributed by atoms with Gasteiger partial charge in [0, 0.05) is 38.3 Å². The van der Waals surface area contributed by atoms with Gasteiger partial charge in [-0.05, 0) is 41.8 Å². The number of hydrogen-bond donors (Lipinski definition) is 2. The molecule has 0 saturated carbocycles. The fourth-order valence-corrected chi connectivity index (χ4v) is 3.28. The predicted molar refractivity (Wildman–Crippen MR) is 85.0 cm³/mol. The maximum Gasteiger partial charge on any atom is 0.123 e. The maximum absolute atomic E-state index is 11.9. The van der Waals surface area contributed by atoms with E-state index in [-0.39, 0.29) is 6.04 Å². The summed E-state index contributed by atoms with van der Waals surface area (Å²) < 4.78 is 29.4. The lowest BCUT2D eigenvalue weighted by Gasteiger charge is -2.34. The van der Waals surface area contributed by atoms with Crippen LogP contribution in [0.3, 0.4) is 0 Å². The average molecular weight is 323 g/mol. The average Bonchev–Trinajstić information content (AvgIpc) is 3.12. The number of nitrogens with one attached hydrogen (secondary N) is 1. The summed E-state index contributed by atoms with van der Waals surface area (Å²) in [4.78, 5) is 2.53. The molecule has 4 nitrogen and oxygen atoms in total. The summed E-state index contributed by atoms with van der Waals surface area (Å²) in [6.07, 6.45) is 1.09. The van der Waals surface area contributed by atoms with Gasteiger partial charge in [0.2, 0.25) is 0 Å². The Hall–Kier alpha value is -1.34. The van der Waals surface area contributed by atoms with Gasteiger partial charge in [-0.3, -0.25) is 4.90 Å². The largest absolute Gasteiger partial charge is 0.378 e. The molecule has 0 bridgehead atoms. The molecule has 1 aromatic rings. The van der Waals surface area contributed by atoms with E-state index in [1.54, 1.807) is 11.1 Å². The minimum atomic E-state index is -0.411. The van der Waals surface area contributed by atoms with Crippen molar-refractivity contribution in [2.24, 2.45) is 5.73 Å². The summed E-state index contributed by atoms with van der Waals surface area (Å²) in [6, 6.07) is 5.09. The molecule has 23 heavy (non-hydrogen) atoms. The Labute approximate surface area is 135 Å². The summed E-state index contributed by atoms with van der Waals surface area (Å²) >= 11 is 0. The highest BCUT2D eigenvalue weighted by Gasteiger charge is 2.32. The van der Waals surface area contributed by atoms with Gasteiger partial charge in [0.1, 0.15) is 11.6 Å². The van der Waals surface area contributed by atoms with Gasteiger partial charge in [-0.1, -0.05) is 0 Å². The van der Waals surface area contributed by atoms with E-state index in [4.69, 9.17) is 10.5 Å². The monoisotopic (exact) mass is 323 g/mol. The van der Waals surface area contributed by atoms with E-state index in [1.165, 1.54) is 0 Å². The molecule has 0 aliphatic carbocycles. The molecule has 3 aliphatic rings. The lowest BCUT2D eigenvalue weighted by atomic mass is 10.1. The Morgan fingerprint density at radius 1 is 1.00 bits per heavy atom. The Morgan fingerprint density at radius 3 is 2.09 bits per heavy atom. The van der Waals surface area contributed by atoms with Crippen molar-refractivity contribution in [3.05, 3.63) is 47.0 Å². The molecule has 6 heteroatoms. The fraction of sp³-hybridized carbons (Fsp3) is 0.529. The van der Waals surface area contributed by atoms with Crippen LogP contribution in [0.2, 0.25) is 0 Å². The van der Waals surface area contributed by atoms with E-state index >= 15 is 0 Å².